The number of nitrogens with one attached hydrogen (secondary N) is 1. The predicted molar refractivity (Wildman–Crippen MR) is 59.2 cm³/mol. The zero-order chi connectivity index (χ0) is 10.1. The third-order valence-electron chi connectivity index (χ3n) is 1.70. The van der Waals surface area contributed by atoms with Crippen molar-refractivity contribution in [3.8, 4) is 0 Å². The van der Waals surface area contributed by atoms with Crippen molar-refractivity contribution in [2.24, 2.45) is 0 Å². The molecule has 0 aromatic carbocycles. The van der Waals surface area contributed by atoms with Crippen LogP contribution in [0.1, 0.15) is 13.3 Å². The first-order valence-corrected chi connectivity index (χ1v) is 5.84. The maximum Gasteiger partial charge on any atom is 0.232 e. The Morgan fingerprint density at radius 2 is 2.23 bits per heavy atom. The van der Waals surface area contributed by atoms with Crippen molar-refractivity contribution < 1.29 is 4.79 Å². The number of carbonyl (C=O) groups is 1. The second-order valence-corrected chi connectivity index (χ2v) is 4.08. The molecule has 0 aliphatic carbocycles. The lowest BCUT2D eigenvalue weighted by molar-refractivity contribution is -0.127. The minimum absolute atomic E-state index is 0.230. The van der Waals surface area contributed by atoms with Gasteiger partial charge < -0.3 is 10.2 Å². The van der Waals surface area contributed by atoms with Crippen LogP contribution in [0.3, 0.4) is 0 Å². The van der Waals surface area contributed by atoms with E-state index in [4.69, 9.17) is 0 Å². The molecule has 0 aliphatic rings. The van der Waals surface area contributed by atoms with Gasteiger partial charge in [0, 0.05) is 20.1 Å². The van der Waals surface area contributed by atoms with Crippen LogP contribution in [0.2, 0.25) is 0 Å². The Morgan fingerprint density at radius 3 is 2.77 bits per heavy atom. The van der Waals surface area contributed by atoms with E-state index in [2.05, 4.69) is 12.2 Å². The normalized spacial score (nSPS) is 10.1. The first kappa shape index (κ1) is 12.8. The Balaban J connectivity index is 3.45. The van der Waals surface area contributed by atoms with E-state index >= 15 is 0 Å². The largest absolute Gasteiger partial charge is 0.344 e. The van der Waals surface area contributed by atoms with Gasteiger partial charge in [0.2, 0.25) is 5.91 Å². The number of hydrogen-bond acceptors (Lipinski definition) is 3. The summed E-state index contributed by atoms with van der Waals surface area (Å²) >= 11 is 1.71. The highest BCUT2D eigenvalue weighted by Crippen LogP contribution is 2.02. The molecular formula is C9H20N2OS. The molecule has 0 saturated carbocycles. The average Bonchev–Trinajstić information content (AvgIpc) is 2.14. The summed E-state index contributed by atoms with van der Waals surface area (Å²) in [5.74, 6) is 1.92. The van der Waals surface area contributed by atoms with Crippen LogP contribution in [0.15, 0.2) is 0 Å². The van der Waals surface area contributed by atoms with E-state index in [9.17, 15) is 4.79 Å². The molecule has 1 N–H and O–H groups in total. The second kappa shape index (κ2) is 8.38. The fourth-order valence-electron chi connectivity index (χ4n) is 0.818. The quantitative estimate of drug-likeness (QED) is 0.623. The van der Waals surface area contributed by atoms with E-state index in [0.29, 0.717) is 5.75 Å². The van der Waals surface area contributed by atoms with Crippen LogP contribution < -0.4 is 5.32 Å². The maximum absolute atomic E-state index is 11.4. The summed E-state index contributed by atoms with van der Waals surface area (Å²) in [6.45, 7) is 3.78. The molecule has 0 fully saturated rings. The lowest BCUT2D eigenvalue weighted by Gasteiger charge is -2.16. The predicted octanol–water partition coefficient (Wildman–Crippen LogP) is 0.807. The summed E-state index contributed by atoms with van der Waals surface area (Å²) in [7, 11) is 3.75. The van der Waals surface area contributed by atoms with E-state index in [-0.39, 0.29) is 5.91 Å². The first-order valence-electron chi connectivity index (χ1n) is 4.68. The van der Waals surface area contributed by atoms with Crippen LogP contribution in [0.25, 0.3) is 0 Å². The highest BCUT2D eigenvalue weighted by Gasteiger charge is 2.06. The third-order valence-corrected chi connectivity index (χ3v) is 2.84. The molecule has 0 aliphatic heterocycles. The molecule has 0 aromatic heterocycles. The number of thioether (sulfide) groups is 1. The van der Waals surface area contributed by atoms with Gasteiger partial charge in [0.1, 0.15) is 0 Å². The standard InChI is InChI=1S/C9H20N2OS/c1-4-7-13-8-9(12)11(3)6-5-10-2/h10H,4-8H2,1-3H3. The number of rotatable bonds is 7. The monoisotopic (exact) mass is 204 g/mol. The molecule has 1 amide bonds. The summed E-state index contributed by atoms with van der Waals surface area (Å²) in [4.78, 5) is 13.2. The Labute approximate surface area is 85.3 Å². The van der Waals surface area contributed by atoms with Gasteiger partial charge >= 0.3 is 0 Å². The molecule has 0 bridgehead atoms. The second-order valence-electron chi connectivity index (χ2n) is 2.97. The maximum atomic E-state index is 11.4. The molecule has 0 atom stereocenters. The Morgan fingerprint density at radius 1 is 1.54 bits per heavy atom. The molecular weight excluding hydrogens is 184 g/mol. The molecule has 13 heavy (non-hydrogen) atoms. The number of likely N-dealkylation sites (N-methyl/N-ethyl adjacent to an activating group) is 2. The third kappa shape index (κ3) is 6.90. The smallest absolute Gasteiger partial charge is 0.232 e. The van der Waals surface area contributed by atoms with E-state index in [1.807, 2.05) is 14.1 Å². The fraction of sp³-hybridized carbons (Fsp3) is 0.889. The summed E-state index contributed by atoms with van der Waals surface area (Å²) in [5, 5.41) is 3.02. The van der Waals surface area contributed by atoms with Gasteiger partial charge in [0.05, 0.1) is 5.75 Å². The van der Waals surface area contributed by atoms with Gasteiger partial charge in [-0.25, -0.2) is 0 Å². The summed E-state index contributed by atoms with van der Waals surface area (Å²) < 4.78 is 0. The average molecular weight is 204 g/mol. The molecule has 4 heteroatoms. The lowest BCUT2D eigenvalue weighted by atomic mass is 10.5. The molecule has 78 valence electrons. The van der Waals surface area contributed by atoms with Crippen LogP contribution >= 0.6 is 11.8 Å². The van der Waals surface area contributed by atoms with Gasteiger partial charge in [-0.05, 0) is 19.2 Å². The molecule has 0 unspecified atom stereocenters. The van der Waals surface area contributed by atoms with Gasteiger partial charge in [-0.3, -0.25) is 4.79 Å². The molecule has 0 saturated heterocycles. The van der Waals surface area contributed by atoms with E-state index in [1.165, 1.54) is 0 Å². The fourth-order valence-corrected chi connectivity index (χ4v) is 1.65. The lowest BCUT2D eigenvalue weighted by Crippen LogP contribution is -2.33. The minimum atomic E-state index is 0.230. The highest BCUT2D eigenvalue weighted by atomic mass is 32.2. The van der Waals surface area contributed by atoms with Crippen LogP contribution in [0.4, 0.5) is 0 Å². The van der Waals surface area contributed by atoms with Crippen molar-refractivity contribution in [3.05, 3.63) is 0 Å². The van der Waals surface area contributed by atoms with Gasteiger partial charge in [0.15, 0.2) is 0 Å². The Kier molecular flexibility index (Phi) is 8.24. The molecule has 0 aromatic rings. The van der Waals surface area contributed by atoms with Gasteiger partial charge in [-0.15, -0.1) is 0 Å². The van der Waals surface area contributed by atoms with Crippen molar-refractivity contribution in [3.63, 3.8) is 0 Å². The molecule has 3 nitrogen and oxygen atoms in total. The van der Waals surface area contributed by atoms with Crippen molar-refractivity contribution in [1.82, 2.24) is 10.2 Å². The molecule has 0 spiro atoms. The van der Waals surface area contributed by atoms with Crippen molar-refractivity contribution in [2.45, 2.75) is 13.3 Å². The summed E-state index contributed by atoms with van der Waals surface area (Å²) in [6, 6.07) is 0. The highest BCUT2D eigenvalue weighted by molar-refractivity contribution is 7.99. The SMILES string of the molecule is CCCSCC(=O)N(C)CCNC. The summed E-state index contributed by atoms with van der Waals surface area (Å²) in [5.41, 5.74) is 0. The van der Waals surface area contributed by atoms with E-state index in [0.717, 1.165) is 25.3 Å². The van der Waals surface area contributed by atoms with Gasteiger partial charge in [0.25, 0.3) is 0 Å². The minimum Gasteiger partial charge on any atom is -0.344 e. The topological polar surface area (TPSA) is 32.3 Å². The number of nitrogens with zero attached hydrogens (tertiary/aromatic N) is 1. The number of amides is 1. The molecule has 0 radical (unpaired) electrons. The van der Waals surface area contributed by atoms with Gasteiger partial charge in [-0.2, -0.15) is 11.8 Å². The van der Waals surface area contributed by atoms with Crippen molar-refractivity contribution in [2.75, 3.05) is 38.7 Å². The zero-order valence-corrected chi connectivity index (χ0v) is 9.62. The molecule has 0 heterocycles. The zero-order valence-electron chi connectivity index (χ0n) is 8.80. The van der Waals surface area contributed by atoms with Crippen LogP contribution in [0.5, 0.6) is 0 Å². The van der Waals surface area contributed by atoms with E-state index in [1.54, 1.807) is 16.7 Å². The number of hydrogen-bond donors (Lipinski definition) is 1. The molecule has 0 rings (SSSR count). The van der Waals surface area contributed by atoms with Crippen LogP contribution in [0, 0.1) is 0 Å². The van der Waals surface area contributed by atoms with Crippen molar-refractivity contribution in [1.29, 1.82) is 0 Å². The van der Waals surface area contributed by atoms with Crippen LogP contribution in [-0.2, 0) is 4.79 Å². The first-order chi connectivity index (χ1) is 6.22. The summed E-state index contributed by atoms with van der Waals surface area (Å²) in [6.07, 6.45) is 1.14. The van der Waals surface area contributed by atoms with E-state index < -0.39 is 0 Å². The van der Waals surface area contributed by atoms with Crippen LogP contribution in [-0.4, -0.2) is 49.5 Å². The number of carbonyl (C=O) groups excluding carboxylic acids is 1. The van der Waals surface area contributed by atoms with Gasteiger partial charge in [-0.1, -0.05) is 6.92 Å². The Bertz CT molecular complexity index is 142. The Hall–Kier alpha value is -0.220. The van der Waals surface area contributed by atoms with Crippen molar-refractivity contribution >= 4 is 17.7 Å².